The first-order valence-electron chi connectivity index (χ1n) is 6.00. The highest BCUT2D eigenvalue weighted by atomic mass is 32.2. The topological polar surface area (TPSA) is 0 Å². The van der Waals surface area contributed by atoms with E-state index in [1.54, 1.807) is 0 Å². The van der Waals surface area contributed by atoms with E-state index in [-0.39, 0.29) is 5.41 Å². The minimum absolute atomic E-state index is 0.246. The second-order valence-corrected chi connectivity index (χ2v) is 7.47. The summed E-state index contributed by atoms with van der Waals surface area (Å²) < 4.78 is 0. The van der Waals surface area contributed by atoms with Crippen LogP contribution in [0, 0.1) is 13.8 Å². The number of hydrogen-bond acceptors (Lipinski definition) is 1. The maximum absolute atomic E-state index is 2.36. The summed E-state index contributed by atoms with van der Waals surface area (Å²) in [6.07, 6.45) is 0. The number of benzene rings is 1. The minimum Gasteiger partial charge on any atom is -0.123 e. The first-order chi connectivity index (χ1) is 7.21. The first kappa shape index (κ1) is 13.6. The van der Waals surface area contributed by atoms with Gasteiger partial charge in [0.15, 0.2) is 0 Å². The molecule has 0 N–H and O–H groups in total. The van der Waals surface area contributed by atoms with Crippen molar-refractivity contribution in [1.29, 1.82) is 0 Å². The van der Waals surface area contributed by atoms with Gasteiger partial charge in [0.05, 0.1) is 0 Å². The van der Waals surface area contributed by atoms with E-state index in [1.807, 2.05) is 11.8 Å². The van der Waals surface area contributed by atoms with Crippen molar-refractivity contribution in [2.24, 2.45) is 0 Å². The van der Waals surface area contributed by atoms with E-state index < -0.39 is 0 Å². The summed E-state index contributed by atoms with van der Waals surface area (Å²) in [5, 5.41) is 0.651. The van der Waals surface area contributed by atoms with Gasteiger partial charge in [-0.25, -0.2) is 0 Å². The van der Waals surface area contributed by atoms with Gasteiger partial charge in [-0.3, -0.25) is 0 Å². The Labute approximate surface area is 105 Å². The normalized spacial score (nSPS) is 12.2. The molecule has 0 heterocycles. The van der Waals surface area contributed by atoms with E-state index in [9.17, 15) is 0 Å². The van der Waals surface area contributed by atoms with Crippen molar-refractivity contribution in [2.75, 3.05) is 0 Å². The molecule has 1 rings (SSSR count). The van der Waals surface area contributed by atoms with Crippen LogP contribution in [-0.2, 0) is 5.41 Å². The Hall–Kier alpha value is -0.430. The molecular weight excluding hydrogens is 212 g/mol. The molecule has 1 heteroatoms. The van der Waals surface area contributed by atoms with Crippen LogP contribution in [0.15, 0.2) is 17.0 Å². The molecule has 0 bridgehead atoms. The van der Waals surface area contributed by atoms with E-state index in [1.165, 1.54) is 21.6 Å². The molecule has 0 spiro atoms. The largest absolute Gasteiger partial charge is 0.123 e. The van der Waals surface area contributed by atoms with Crippen LogP contribution in [0.3, 0.4) is 0 Å². The lowest BCUT2D eigenvalue weighted by Crippen LogP contribution is -2.13. The standard InChI is InChI=1S/C15H24S/c1-10(2)16-14-9-11(3)13(8-12(14)4)15(5,6)7/h8-10H,1-7H3. The van der Waals surface area contributed by atoms with E-state index in [2.05, 4.69) is 60.6 Å². The lowest BCUT2D eigenvalue weighted by molar-refractivity contribution is 0.585. The number of aryl methyl sites for hydroxylation is 2. The summed E-state index contributed by atoms with van der Waals surface area (Å²) in [6, 6.07) is 4.71. The molecule has 0 saturated carbocycles. The smallest absolute Gasteiger partial charge is 0.0107 e. The van der Waals surface area contributed by atoms with E-state index in [4.69, 9.17) is 0 Å². The lowest BCUT2D eigenvalue weighted by Gasteiger charge is -2.23. The Morgan fingerprint density at radius 1 is 1.00 bits per heavy atom. The quantitative estimate of drug-likeness (QED) is 0.644. The van der Waals surface area contributed by atoms with Crippen molar-refractivity contribution < 1.29 is 0 Å². The van der Waals surface area contributed by atoms with Crippen LogP contribution in [0.4, 0.5) is 0 Å². The molecule has 1 aromatic rings. The number of rotatable bonds is 2. The Balaban J connectivity index is 3.17. The highest BCUT2D eigenvalue weighted by Gasteiger charge is 2.17. The third-order valence-electron chi connectivity index (χ3n) is 2.69. The van der Waals surface area contributed by atoms with Crippen molar-refractivity contribution in [2.45, 2.75) is 64.0 Å². The maximum atomic E-state index is 2.36. The van der Waals surface area contributed by atoms with Gasteiger partial charge in [0.1, 0.15) is 0 Å². The van der Waals surface area contributed by atoms with E-state index >= 15 is 0 Å². The van der Waals surface area contributed by atoms with Crippen molar-refractivity contribution in [3.05, 3.63) is 28.8 Å². The Bertz CT molecular complexity index is 370. The highest BCUT2D eigenvalue weighted by Crippen LogP contribution is 2.33. The summed E-state index contributed by atoms with van der Waals surface area (Å²) >= 11 is 1.96. The molecule has 0 unspecified atom stereocenters. The molecule has 1 aromatic carbocycles. The summed E-state index contributed by atoms with van der Waals surface area (Å²) in [6.45, 7) is 15.8. The third kappa shape index (κ3) is 3.28. The average molecular weight is 236 g/mol. The number of thioether (sulfide) groups is 1. The molecule has 0 aliphatic heterocycles. The predicted molar refractivity (Wildman–Crippen MR) is 75.6 cm³/mol. The zero-order chi connectivity index (χ0) is 12.5. The molecule has 0 atom stereocenters. The van der Waals surface area contributed by atoms with Gasteiger partial charge in [-0.05, 0) is 42.0 Å². The predicted octanol–water partition coefficient (Wildman–Crippen LogP) is 5.10. The summed E-state index contributed by atoms with van der Waals surface area (Å²) in [5.74, 6) is 0. The zero-order valence-electron chi connectivity index (χ0n) is 11.6. The molecule has 0 aliphatic carbocycles. The van der Waals surface area contributed by atoms with Crippen LogP contribution in [0.5, 0.6) is 0 Å². The molecule has 16 heavy (non-hydrogen) atoms. The monoisotopic (exact) mass is 236 g/mol. The van der Waals surface area contributed by atoms with Crippen LogP contribution < -0.4 is 0 Å². The van der Waals surface area contributed by atoms with Gasteiger partial charge < -0.3 is 0 Å². The fourth-order valence-corrected chi connectivity index (χ4v) is 2.98. The van der Waals surface area contributed by atoms with Crippen LogP contribution in [0.1, 0.15) is 51.3 Å². The molecule has 0 aromatic heterocycles. The van der Waals surface area contributed by atoms with Gasteiger partial charge >= 0.3 is 0 Å². The zero-order valence-corrected chi connectivity index (χ0v) is 12.5. The molecular formula is C15H24S. The summed E-state index contributed by atoms with van der Waals surface area (Å²) in [5.41, 5.74) is 4.55. The van der Waals surface area contributed by atoms with Gasteiger partial charge in [0.2, 0.25) is 0 Å². The Kier molecular flexibility index (Phi) is 4.12. The first-order valence-corrected chi connectivity index (χ1v) is 6.88. The molecule has 0 amide bonds. The maximum Gasteiger partial charge on any atom is 0.0107 e. The fourth-order valence-electron chi connectivity index (χ4n) is 1.98. The second-order valence-electron chi connectivity index (χ2n) is 5.85. The molecule has 0 saturated heterocycles. The molecule has 90 valence electrons. The van der Waals surface area contributed by atoms with Crippen molar-refractivity contribution in [1.82, 2.24) is 0 Å². The molecule has 0 fully saturated rings. The van der Waals surface area contributed by atoms with Crippen LogP contribution in [0.25, 0.3) is 0 Å². The molecule has 0 nitrogen and oxygen atoms in total. The Morgan fingerprint density at radius 2 is 1.56 bits per heavy atom. The van der Waals surface area contributed by atoms with Crippen LogP contribution >= 0.6 is 11.8 Å². The molecule has 0 radical (unpaired) electrons. The Morgan fingerprint density at radius 3 is 2.00 bits per heavy atom. The lowest BCUT2D eigenvalue weighted by atomic mass is 9.83. The SMILES string of the molecule is Cc1cc(C(C)(C)C)c(C)cc1SC(C)C. The highest BCUT2D eigenvalue weighted by molar-refractivity contribution is 8.00. The van der Waals surface area contributed by atoms with Crippen LogP contribution in [0.2, 0.25) is 0 Å². The second kappa shape index (κ2) is 4.83. The summed E-state index contributed by atoms with van der Waals surface area (Å²) in [7, 11) is 0. The summed E-state index contributed by atoms with van der Waals surface area (Å²) in [4.78, 5) is 1.43. The fraction of sp³-hybridized carbons (Fsp3) is 0.600. The van der Waals surface area contributed by atoms with Gasteiger partial charge in [-0.1, -0.05) is 40.7 Å². The van der Waals surface area contributed by atoms with Crippen molar-refractivity contribution in [3.63, 3.8) is 0 Å². The van der Waals surface area contributed by atoms with E-state index in [0.717, 1.165) is 0 Å². The van der Waals surface area contributed by atoms with Gasteiger partial charge in [-0.2, -0.15) is 0 Å². The minimum atomic E-state index is 0.246. The third-order valence-corrected chi connectivity index (χ3v) is 3.86. The van der Waals surface area contributed by atoms with Gasteiger partial charge in [0, 0.05) is 10.1 Å². The van der Waals surface area contributed by atoms with E-state index in [0.29, 0.717) is 5.25 Å². The van der Waals surface area contributed by atoms with Gasteiger partial charge in [-0.15, -0.1) is 11.8 Å². The number of hydrogen-bond donors (Lipinski definition) is 0. The van der Waals surface area contributed by atoms with Crippen LogP contribution in [-0.4, -0.2) is 5.25 Å². The van der Waals surface area contributed by atoms with Gasteiger partial charge in [0.25, 0.3) is 0 Å². The molecule has 0 aliphatic rings. The van der Waals surface area contributed by atoms with Crippen molar-refractivity contribution in [3.8, 4) is 0 Å². The van der Waals surface area contributed by atoms with Crippen molar-refractivity contribution >= 4 is 11.8 Å². The average Bonchev–Trinajstić information content (AvgIpc) is 2.07.